The minimum atomic E-state index is -0.0538. The molecule has 4 heterocycles. The Labute approximate surface area is 182 Å². The number of pyridine rings is 1. The SMILES string of the molecule is Cn1c(N2CCN[C@@H](c3ccc(N4CCCC4)cc3)C2)nc(-c2ccncc2)cc1=O. The summed E-state index contributed by atoms with van der Waals surface area (Å²) in [6.07, 6.45) is 6.01. The fourth-order valence-corrected chi connectivity index (χ4v) is 4.53. The van der Waals surface area contributed by atoms with Crippen molar-refractivity contribution in [3.63, 3.8) is 0 Å². The van der Waals surface area contributed by atoms with Crippen molar-refractivity contribution >= 4 is 11.6 Å². The second-order valence-corrected chi connectivity index (χ2v) is 8.31. The minimum absolute atomic E-state index is 0.0538. The van der Waals surface area contributed by atoms with Crippen LogP contribution < -0.4 is 20.7 Å². The Kier molecular flexibility index (Phi) is 5.42. The largest absolute Gasteiger partial charge is 0.372 e. The van der Waals surface area contributed by atoms with E-state index >= 15 is 0 Å². The molecule has 7 nitrogen and oxygen atoms in total. The van der Waals surface area contributed by atoms with Crippen LogP contribution >= 0.6 is 0 Å². The molecule has 2 aromatic heterocycles. The lowest BCUT2D eigenvalue weighted by Crippen LogP contribution is -2.47. The molecule has 0 amide bonds. The minimum Gasteiger partial charge on any atom is -0.372 e. The van der Waals surface area contributed by atoms with Crippen LogP contribution in [-0.4, -0.2) is 47.3 Å². The van der Waals surface area contributed by atoms with Crippen LogP contribution in [0.1, 0.15) is 24.4 Å². The quantitative estimate of drug-likeness (QED) is 0.705. The molecule has 1 atom stereocenters. The second-order valence-electron chi connectivity index (χ2n) is 8.31. The molecular weight excluding hydrogens is 388 g/mol. The maximum atomic E-state index is 12.7. The van der Waals surface area contributed by atoms with E-state index in [9.17, 15) is 4.79 Å². The molecule has 3 aromatic rings. The van der Waals surface area contributed by atoms with Crippen molar-refractivity contribution < 1.29 is 0 Å². The van der Waals surface area contributed by atoms with Gasteiger partial charge in [-0.05, 0) is 42.7 Å². The average molecular weight is 417 g/mol. The Balaban J connectivity index is 1.39. The van der Waals surface area contributed by atoms with Crippen molar-refractivity contribution in [2.75, 3.05) is 42.5 Å². The molecule has 2 aliphatic heterocycles. The van der Waals surface area contributed by atoms with Crippen molar-refractivity contribution in [3.8, 4) is 11.3 Å². The Morgan fingerprint density at radius 1 is 0.968 bits per heavy atom. The predicted octanol–water partition coefficient (Wildman–Crippen LogP) is 2.59. The average Bonchev–Trinajstić information content (AvgIpc) is 3.37. The third-order valence-electron chi connectivity index (χ3n) is 6.31. The topological polar surface area (TPSA) is 66.3 Å². The highest BCUT2D eigenvalue weighted by molar-refractivity contribution is 5.59. The van der Waals surface area contributed by atoms with Gasteiger partial charge in [0, 0.05) is 75.5 Å². The van der Waals surface area contributed by atoms with Crippen molar-refractivity contribution in [2.45, 2.75) is 18.9 Å². The number of hydrogen-bond donors (Lipinski definition) is 1. The zero-order chi connectivity index (χ0) is 21.2. The summed E-state index contributed by atoms with van der Waals surface area (Å²) in [5.74, 6) is 0.708. The highest BCUT2D eigenvalue weighted by Gasteiger charge is 2.24. The van der Waals surface area contributed by atoms with E-state index < -0.39 is 0 Å². The number of hydrogen-bond acceptors (Lipinski definition) is 6. The van der Waals surface area contributed by atoms with E-state index in [-0.39, 0.29) is 11.6 Å². The van der Waals surface area contributed by atoms with Crippen LogP contribution in [0.5, 0.6) is 0 Å². The molecular formula is C24H28N6O. The highest BCUT2D eigenvalue weighted by Crippen LogP contribution is 2.26. The molecule has 0 bridgehead atoms. The number of rotatable bonds is 4. The van der Waals surface area contributed by atoms with Gasteiger partial charge in [0.2, 0.25) is 5.95 Å². The first-order valence-electron chi connectivity index (χ1n) is 11.0. The Bertz CT molecular complexity index is 1090. The third-order valence-corrected chi connectivity index (χ3v) is 6.31. The monoisotopic (exact) mass is 416 g/mol. The fourth-order valence-electron chi connectivity index (χ4n) is 4.53. The van der Waals surface area contributed by atoms with Crippen LogP contribution in [0.3, 0.4) is 0 Å². The molecule has 0 radical (unpaired) electrons. The summed E-state index contributed by atoms with van der Waals surface area (Å²) in [6, 6.07) is 14.5. The summed E-state index contributed by atoms with van der Waals surface area (Å²) in [4.78, 5) is 26.2. The molecule has 160 valence electrons. The van der Waals surface area contributed by atoms with Crippen LogP contribution in [0.4, 0.5) is 11.6 Å². The standard InChI is InChI=1S/C24H28N6O/c1-28-23(31)16-21(19-8-10-25-11-9-19)27-24(28)30-15-12-26-22(17-30)18-4-6-20(7-5-18)29-13-2-3-14-29/h4-11,16,22,26H,2-3,12-15,17H2,1H3/t22-/m1/s1. The van der Waals surface area contributed by atoms with Crippen molar-refractivity contribution in [3.05, 3.63) is 70.8 Å². The van der Waals surface area contributed by atoms with Crippen LogP contribution in [-0.2, 0) is 7.05 Å². The summed E-state index contributed by atoms with van der Waals surface area (Å²) < 4.78 is 1.64. The van der Waals surface area contributed by atoms with Gasteiger partial charge in [0.1, 0.15) is 0 Å². The maximum absolute atomic E-state index is 12.7. The molecule has 2 aliphatic rings. The van der Waals surface area contributed by atoms with Gasteiger partial charge in [-0.1, -0.05) is 12.1 Å². The molecule has 2 saturated heterocycles. The summed E-state index contributed by atoms with van der Waals surface area (Å²) in [5, 5.41) is 3.63. The zero-order valence-corrected chi connectivity index (χ0v) is 17.9. The number of nitrogens with zero attached hydrogens (tertiary/aromatic N) is 5. The van der Waals surface area contributed by atoms with Crippen LogP contribution in [0.25, 0.3) is 11.3 Å². The smallest absolute Gasteiger partial charge is 0.255 e. The Hall–Kier alpha value is -3.19. The van der Waals surface area contributed by atoms with E-state index in [2.05, 4.69) is 44.4 Å². The first kappa shape index (κ1) is 19.8. The van der Waals surface area contributed by atoms with Crippen molar-refractivity contribution in [1.29, 1.82) is 0 Å². The molecule has 5 rings (SSSR count). The van der Waals surface area contributed by atoms with E-state index in [0.717, 1.165) is 38.3 Å². The van der Waals surface area contributed by atoms with E-state index in [1.54, 1.807) is 30.1 Å². The lowest BCUT2D eigenvalue weighted by Gasteiger charge is -2.35. The van der Waals surface area contributed by atoms with Gasteiger partial charge in [0.25, 0.3) is 5.56 Å². The van der Waals surface area contributed by atoms with Gasteiger partial charge in [-0.15, -0.1) is 0 Å². The van der Waals surface area contributed by atoms with Gasteiger partial charge >= 0.3 is 0 Å². The summed E-state index contributed by atoms with van der Waals surface area (Å²) in [6.45, 7) is 4.73. The lowest BCUT2D eigenvalue weighted by atomic mass is 10.0. The van der Waals surface area contributed by atoms with Crippen molar-refractivity contribution in [2.24, 2.45) is 7.05 Å². The number of benzene rings is 1. The predicted molar refractivity (Wildman–Crippen MR) is 124 cm³/mol. The molecule has 0 aliphatic carbocycles. The molecule has 7 heteroatoms. The van der Waals surface area contributed by atoms with E-state index in [1.807, 2.05) is 12.1 Å². The zero-order valence-electron chi connectivity index (χ0n) is 17.9. The van der Waals surface area contributed by atoms with E-state index in [0.29, 0.717) is 11.6 Å². The molecule has 1 N–H and O–H groups in total. The highest BCUT2D eigenvalue weighted by atomic mass is 16.1. The van der Waals surface area contributed by atoms with Gasteiger partial charge in [-0.3, -0.25) is 14.3 Å². The Morgan fingerprint density at radius 3 is 2.45 bits per heavy atom. The lowest BCUT2D eigenvalue weighted by molar-refractivity contribution is 0.462. The third kappa shape index (κ3) is 4.05. The Morgan fingerprint density at radius 2 is 1.71 bits per heavy atom. The summed E-state index contributed by atoms with van der Waals surface area (Å²) in [7, 11) is 1.79. The summed E-state index contributed by atoms with van der Waals surface area (Å²) in [5.41, 5.74) is 4.11. The number of anilines is 2. The van der Waals surface area contributed by atoms with Gasteiger partial charge in [-0.2, -0.15) is 0 Å². The molecule has 0 unspecified atom stereocenters. The number of piperazine rings is 1. The van der Waals surface area contributed by atoms with Gasteiger partial charge in [0.05, 0.1) is 5.69 Å². The van der Waals surface area contributed by atoms with Crippen LogP contribution in [0.2, 0.25) is 0 Å². The number of nitrogens with one attached hydrogen (secondary N) is 1. The first-order valence-corrected chi connectivity index (χ1v) is 11.0. The molecule has 0 spiro atoms. The van der Waals surface area contributed by atoms with E-state index in [4.69, 9.17) is 4.98 Å². The van der Waals surface area contributed by atoms with Gasteiger partial charge in [-0.25, -0.2) is 4.98 Å². The summed E-state index contributed by atoms with van der Waals surface area (Å²) >= 11 is 0. The molecule has 1 aromatic carbocycles. The number of aromatic nitrogens is 3. The first-order chi connectivity index (χ1) is 15.2. The van der Waals surface area contributed by atoms with Crippen LogP contribution in [0, 0.1) is 0 Å². The molecule has 0 saturated carbocycles. The second kappa shape index (κ2) is 8.51. The van der Waals surface area contributed by atoms with Crippen molar-refractivity contribution in [1.82, 2.24) is 19.9 Å². The van der Waals surface area contributed by atoms with E-state index in [1.165, 1.54) is 24.1 Å². The van der Waals surface area contributed by atoms with Gasteiger partial charge < -0.3 is 15.1 Å². The fraction of sp³-hybridized carbons (Fsp3) is 0.375. The normalized spacial score (nSPS) is 19.1. The molecule has 2 fully saturated rings. The van der Waals surface area contributed by atoms with Crippen LogP contribution in [0.15, 0.2) is 59.7 Å². The maximum Gasteiger partial charge on any atom is 0.255 e. The molecule has 31 heavy (non-hydrogen) atoms. The van der Waals surface area contributed by atoms with Gasteiger partial charge in [0.15, 0.2) is 0 Å².